The fraction of sp³-hybridized carbons (Fsp3) is 0.389. The molecule has 27 heavy (non-hydrogen) atoms. The maximum Gasteiger partial charge on any atom is 0.257 e. The van der Waals surface area contributed by atoms with Crippen LogP contribution < -0.4 is 10.5 Å². The van der Waals surface area contributed by atoms with E-state index in [0.717, 1.165) is 30.9 Å². The first-order valence-electron chi connectivity index (χ1n) is 8.22. The van der Waals surface area contributed by atoms with Gasteiger partial charge in [-0.3, -0.25) is 9.69 Å². The molecule has 1 amide bonds. The number of ether oxygens (including phenoxy) is 1. The van der Waals surface area contributed by atoms with Crippen molar-refractivity contribution < 1.29 is 13.9 Å². The Bertz CT molecular complexity index is 746. The van der Waals surface area contributed by atoms with Crippen LogP contribution in [0, 0.1) is 0 Å². The van der Waals surface area contributed by atoms with E-state index in [4.69, 9.17) is 26.5 Å². The average Bonchev–Trinajstić information content (AvgIpc) is 3.11. The van der Waals surface area contributed by atoms with Gasteiger partial charge in [0, 0.05) is 43.3 Å². The summed E-state index contributed by atoms with van der Waals surface area (Å²) in [4.78, 5) is 16.6. The van der Waals surface area contributed by atoms with Crippen LogP contribution in [0.15, 0.2) is 34.9 Å². The number of halogens is 3. The van der Waals surface area contributed by atoms with Gasteiger partial charge in [-0.15, -0.1) is 24.8 Å². The van der Waals surface area contributed by atoms with Crippen molar-refractivity contribution in [2.75, 3.05) is 33.3 Å². The first kappa shape index (κ1) is 23.6. The van der Waals surface area contributed by atoms with E-state index in [0.29, 0.717) is 36.0 Å². The lowest BCUT2D eigenvalue weighted by molar-refractivity contribution is 0.0627. The minimum absolute atomic E-state index is 0. The Morgan fingerprint density at radius 1 is 1.22 bits per heavy atom. The zero-order chi connectivity index (χ0) is 17.8. The number of hydrogen-bond donors (Lipinski definition) is 1. The van der Waals surface area contributed by atoms with Crippen molar-refractivity contribution in [3.05, 3.63) is 52.4 Å². The third kappa shape index (κ3) is 5.77. The highest BCUT2D eigenvalue weighted by molar-refractivity contribution is 6.30. The van der Waals surface area contributed by atoms with Crippen molar-refractivity contribution in [1.29, 1.82) is 0 Å². The van der Waals surface area contributed by atoms with Gasteiger partial charge in [-0.25, -0.2) is 0 Å². The number of nitrogens with zero attached hydrogens (tertiary/aromatic N) is 2. The molecule has 1 aliphatic heterocycles. The minimum Gasteiger partial charge on any atom is -0.496 e. The van der Waals surface area contributed by atoms with Crippen LogP contribution >= 0.6 is 36.4 Å². The van der Waals surface area contributed by atoms with E-state index < -0.39 is 0 Å². The van der Waals surface area contributed by atoms with Crippen molar-refractivity contribution in [2.24, 2.45) is 5.73 Å². The van der Waals surface area contributed by atoms with Gasteiger partial charge >= 0.3 is 0 Å². The van der Waals surface area contributed by atoms with Gasteiger partial charge in [0.05, 0.1) is 19.2 Å². The van der Waals surface area contributed by atoms with E-state index in [1.54, 1.807) is 13.2 Å². The van der Waals surface area contributed by atoms with E-state index in [1.807, 2.05) is 23.1 Å². The van der Waals surface area contributed by atoms with Crippen LogP contribution in [0.1, 0.15) is 21.7 Å². The molecule has 2 heterocycles. The Kier molecular flexibility index (Phi) is 9.42. The van der Waals surface area contributed by atoms with Crippen LogP contribution in [0.2, 0.25) is 5.02 Å². The molecule has 150 valence electrons. The molecular formula is C18H24Cl3N3O3. The molecule has 0 aliphatic carbocycles. The normalized spacial score (nSPS) is 14.3. The lowest BCUT2D eigenvalue weighted by Crippen LogP contribution is -2.48. The summed E-state index contributed by atoms with van der Waals surface area (Å²) in [5.41, 5.74) is 7.14. The van der Waals surface area contributed by atoms with E-state index in [-0.39, 0.29) is 30.7 Å². The number of carbonyl (C=O) groups excluding carboxylic acids is 1. The maximum absolute atomic E-state index is 12.5. The van der Waals surface area contributed by atoms with Gasteiger partial charge in [-0.1, -0.05) is 11.6 Å². The molecule has 9 heteroatoms. The Balaban J connectivity index is 0.00000182. The fourth-order valence-corrected chi connectivity index (χ4v) is 3.20. The summed E-state index contributed by atoms with van der Waals surface area (Å²) < 4.78 is 10.7. The number of amides is 1. The van der Waals surface area contributed by atoms with Crippen molar-refractivity contribution in [3.8, 4) is 5.75 Å². The summed E-state index contributed by atoms with van der Waals surface area (Å²) in [6.45, 7) is 3.97. The number of furan rings is 1. The largest absolute Gasteiger partial charge is 0.496 e. The molecule has 1 saturated heterocycles. The Labute approximate surface area is 176 Å². The van der Waals surface area contributed by atoms with E-state index in [1.165, 1.54) is 6.26 Å². The summed E-state index contributed by atoms with van der Waals surface area (Å²) in [6, 6.07) is 7.34. The molecule has 6 nitrogen and oxygen atoms in total. The van der Waals surface area contributed by atoms with Gasteiger partial charge in [-0.05, 0) is 24.3 Å². The topological polar surface area (TPSA) is 71.9 Å². The van der Waals surface area contributed by atoms with Crippen LogP contribution in [0.25, 0.3) is 0 Å². The third-order valence-electron chi connectivity index (χ3n) is 4.40. The number of piperazine rings is 1. The number of carbonyl (C=O) groups is 1. The lowest BCUT2D eigenvalue weighted by Gasteiger charge is -2.34. The van der Waals surface area contributed by atoms with Crippen LogP contribution in [-0.2, 0) is 13.1 Å². The number of rotatable bonds is 5. The molecule has 0 unspecified atom stereocenters. The SMILES string of the molecule is COc1ccc(Cl)cc1CN1CCN(C(=O)c2coc(CN)c2)CC1.Cl.Cl. The second-order valence-corrected chi connectivity index (χ2v) is 6.47. The highest BCUT2D eigenvalue weighted by Crippen LogP contribution is 2.24. The summed E-state index contributed by atoms with van der Waals surface area (Å²) in [7, 11) is 1.66. The van der Waals surface area contributed by atoms with E-state index >= 15 is 0 Å². The van der Waals surface area contributed by atoms with E-state index in [9.17, 15) is 4.79 Å². The molecule has 2 aromatic rings. The summed E-state index contributed by atoms with van der Waals surface area (Å²) in [5.74, 6) is 1.44. The molecule has 2 N–H and O–H groups in total. The van der Waals surface area contributed by atoms with Gasteiger partial charge in [0.2, 0.25) is 0 Å². The van der Waals surface area contributed by atoms with Gasteiger partial charge in [0.1, 0.15) is 17.8 Å². The lowest BCUT2D eigenvalue weighted by atomic mass is 10.1. The number of methoxy groups -OCH3 is 1. The average molecular weight is 437 g/mol. The minimum atomic E-state index is -0.0107. The molecule has 0 bridgehead atoms. The van der Waals surface area contributed by atoms with Crippen molar-refractivity contribution in [1.82, 2.24) is 9.80 Å². The molecule has 3 rings (SSSR count). The summed E-state index contributed by atoms with van der Waals surface area (Å²) in [5, 5.41) is 0.695. The Hall–Kier alpha value is -1.44. The Morgan fingerprint density at radius 3 is 2.52 bits per heavy atom. The molecule has 1 aliphatic rings. The standard InChI is InChI=1S/C18H22ClN3O3.2ClH/c1-24-17-3-2-15(19)8-13(17)11-21-4-6-22(7-5-21)18(23)14-9-16(10-20)25-12-14;;/h2-3,8-9,12H,4-7,10-11,20H2,1H3;2*1H. The molecule has 0 atom stereocenters. The molecule has 1 aromatic heterocycles. The number of hydrogen-bond acceptors (Lipinski definition) is 5. The second kappa shape index (κ2) is 10.8. The van der Waals surface area contributed by atoms with Gasteiger partial charge in [0.15, 0.2) is 0 Å². The first-order valence-corrected chi connectivity index (χ1v) is 8.60. The Morgan fingerprint density at radius 2 is 1.93 bits per heavy atom. The van der Waals surface area contributed by atoms with Gasteiger partial charge in [-0.2, -0.15) is 0 Å². The maximum atomic E-state index is 12.5. The molecule has 0 spiro atoms. The zero-order valence-corrected chi connectivity index (χ0v) is 17.4. The molecule has 0 saturated carbocycles. The molecular weight excluding hydrogens is 413 g/mol. The fourth-order valence-electron chi connectivity index (χ4n) is 3.00. The third-order valence-corrected chi connectivity index (χ3v) is 4.63. The highest BCUT2D eigenvalue weighted by atomic mass is 35.5. The van der Waals surface area contributed by atoms with Crippen LogP contribution in [-0.4, -0.2) is 49.0 Å². The summed E-state index contributed by atoms with van der Waals surface area (Å²) >= 11 is 6.09. The van der Waals surface area contributed by atoms with Crippen LogP contribution in [0.4, 0.5) is 0 Å². The van der Waals surface area contributed by atoms with Gasteiger partial charge < -0.3 is 19.8 Å². The molecule has 1 aromatic carbocycles. The number of benzene rings is 1. The smallest absolute Gasteiger partial charge is 0.257 e. The van der Waals surface area contributed by atoms with E-state index in [2.05, 4.69) is 4.90 Å². The van der Waals surface area contributed by atoms with Crippen LogP contribution in [0.3, 0.4) is 0 Å². The first-order chi connectivity index (χ1) is 12.1. The van der Waals surface area contributed by atoms with Crippen molar-refractivity contribution >= 4 is 42.3 Å². The highest BCUT2D eigenvalue weighted by Gasteiger charge is 2.24. The van der Waals surface area contributed by atoms with Crippen molar-refractivity contribution in [3.63, 3.8) is 0 Å². The van der Waals surface area contributed by atoms with Crippen LogP contribution in [0.5, 0.6) is 5.75 Å². The number of nitrogens with two attached hydrogens (primary N) is 1. The molecule has 1 fully saturated rings. The summed E-state index contributed by atoms with van der Waals surface area (Å²) in [6.07, 6.45) is 1.48. The predicted octanol–water partition coefficient (Wildman–Crippen LogP) is 3.20. The zero-order valence-electron chi connectivity index (χ0n) is 15.0. The molecule has 0 radical (unpaired) electrons. The predicted molar refractivity (Wildman–Crippen MR) is 110 cm³/mol. The monoisotopic (exact) mass is 435 g/mol. The quantitative estimate of drug-likeness (QED) is 0.779. The van der Waals surface area contributed by atoms with Crippen molar-refractivity contribution in [2.45, 2.75) is 13.1 Å². The second-order valence-electron chi connectivity index (χ2n) is 6.03. The van der Waals surface area contributed by atoms with Gasteiger partial charge in [0.25, 0.3) is 5.91 Å².